The predicted octanol–water partition coefficient (Wildman–Crippen LogP) is 3.48. The minimum absolute atomic E-state index is 0.0465. The molecule has 154 valence electrons. The fourth-order valence-electron chi connectivity index (χ4n) is 3.97. The first-order valence-electron chi connectivity index (χ1n) is 9.67. The summed E-state index contributed by atoms with van der Waals surface area (Å²) in [7, 11) is 0. The molecule has 1 aromatic heterocycles. The fourth-order valence-corrected chi connectivity index (χ4v) is 4.16. The number of H-pyrrole nitrogens is 1. The average molecular weight is 433 g/mol. The third kappa shape index (κ3) is 3.29. The normalized spacial score (nSPS) is 15.6. The zero-order valence-corrected chi connectivity index (χ0v) is 16.9. The van der Waals surface area contributed by atoms with Crippen LogP contribution in [0.5, 0.6) is 5.88 Å². The molecule has 0 saturated carbocycles. The third-order valence-electron chi connectivity index (χ3n) is 5.39. The largest absolute Gasteiger partial charge is 0.493 e. The summed E-state index contributed by atoms with van der Waals surface area (Å²) in [6, 6.07) is 20.3. The Labute approximate surface area is 181 Å². The van der Waals surface area contributed by atoms with E-state index in [1.54, 1.807) is 18.2 Å². The van der Waals surface area contributed by atoms with Crippen LogP contribution in [0.15, 0.2) is 81.4 Å². The molecule has 1 atom stereocenters. The van der Waals surface area contributed by atoms with Gasteiger partial charge >= 0.3 is 5.69 Å². The Morgan fingerprint density at radius 3 is 2.65 bits per heavy atom. The van der Waals surface area contributed by atoms with Crippen molar-refractivity contribution in [1.29, 1.82) is 0 Å². The van der Waals surface area contributed by atoms with Crippen LogP contribution < -0.4 is 16.7 Å². The van der Waals surface area contributed by atoms with E-state index in [2.05, 4.69) is 15.5 Å². The van der Waals surface area contributed by atoms with E-state index in [4.69, 9.17) is 11.6 Å². The van der Waals surface area contributed by atoms with Gasteiger partial charge in [-0.3, -0.25) is 9.78 Å². The van der Waals surface area contributed by atoms with E-state index in [0.717, 1.165) is 20.9 Å². The standard InChI is InChI=1S/C23H17ClN4O3/c24-14-7-4-8-15(11-14)28-22(30)20(21(29)25-23(28)31)19-12-18(26-27-19)17-10-3-6-13-5-1-2-9-16(13)17/h1-11,18,26,30H,12H2,(H,25,29,31). The maximum atomic E-state index is 12.6. The molecule has 2 heterocycles. The third-order valence-corrected chi connectivity index (χ3v) is 5.63. The zero-order chi connectivity index (χ0) is 21.5. The SMILES string of the molecule is O=c1[nH]c(=O)n(-c2cccc(Cl)c2)c(O)c1C1=NNC(c2cccc3ccccc23)C1. The van der Waals surface area contributed by atoms with Crippen molar-refractivity contribution >= 4 is 28.1 Å². The zero-order valence-electron chi connectivity index (χ0n) is 16.2. The smallest absolute Gasteiger partial charge is 0.335 e. The monoisotopic (exact) mass is 432 g/mol. The number of aromatic nitrogens is 2. The lowest BCUT2D eigenvalue weighted by Gasteiger charge is -2.14. The summed E-state index contributed by atoms with van der Waals surface area (Å²) in [5.41, 5.74) is 3.31. The van der Waals surface area contributed by atoms with Gasteiger partial charge in [0.1, 0.15) is 5.56 Å². The second-order valence-electron chi connectivity index (χ2n) is 7.29. The summed E-state index contributed by atoms with van der Waals surface area (Å²) in [5, 5.41) is 17.8. The number of halogens is 1. The lowest BCUT2D eigenvalue weighted by atomic mass is 9.95. The van der Waals surface area contributed by atoms with Gasteiger partial charge in [0.2, 0.25) is 5.88 Å². The van der Waals surface area contributed by atoms with Crippen LogP contribution in [-0.2, 0) is 0 Å². The Morgan fingerprint density at radius 1 is 1.03 bits per heavy atom. The minimum Gasteiger partial charge on any atom is -0.493 e. The Bertz CT molecular complexity index is 1470. The average Bonchev–Trinajstić information content (AvgIpc) is 3.22. The van der Waals surface area contributed by atoms with E-state index < -0.39 is 17.1 Å². The Morgan fingerprint density at radius 2 is 1.81 bits per heavy atom. The van der Waals surface area contributed by atoms with Crippen LogP contribution in [0.25, 0.3) is 16.5 Å². The summed E-state index contributed by atoms with van der Waals surface area (Å²) in [6.45, 7) is 0. The first-order valence-corrected chi connectivity index (χ1v) is 10.0. The molecule has 7 nitrogen and oxygen atoms in total. The number of aromatic amines is 1. The molecule has 3 aromatic carbocycles. The molecule has 3 N–H and O–H groups in total. The van der Waals surface area contributed by atoms with Crippen molar-refractivity contribution < 1.29 is 5.11 Å². The maximum absolute atomic E-state index is 12.6. The summed E-state index contributed by atoms with van der Waals surface area (Å²) in [6.07, 6.45) is 0.373. The van der Waals surface area contributed by atoms with Gasteiger partial charge in [-0.25, -0.2) is 9.36 Å². The van der Waals surface area contributed by atoms with E-state index in [0.29, 0.717) is 22.8 Å². The number of hydrazone groups is 1. The maximum Gasteiger partial charge on any atom is 0.335 e. The van der Waals surface area contributed by atoms with Crippen molar-refractivity contribution in [1.82, 2.24) is 15.0 Å². The Balaban J connectivity index is 1.57. The molecular weight excluding hydrogens is 416 g/mol. The van der Waals surface area contributed by atoms with Gasteiger partial charge in [0, 0.05) is 11.4 Å². The minimum atomic E-state index is -0.759. The van der Waals surface area contributed by atoms with Crippen LogP contribution >= 0.6 is 11.6 Å². The van der Waals surface area contributed by atoms with Gasteiger partial charge in [-0.2, -0.15) is 5.10 Å². The first-order chi connectivity index (χ1) is 15.0. The highest BCUT2D eigenvalue weighted by molar-refractivity contribution is 6.30. The van der Waals surface area contributed by atoms with Gasteiger partial charge in [0.15, 0.2) is 0 Å². The summed E-state index contributed by atoms with van der Waals surface area (Å²) < 4.78 is 1.01. The number of hydrogen-bond acceptors (Lipinski definition) is 5. The molecule has 0 radical (unpaired) electrons. The van der Waals surface area contributed by atoms with E-state index in [1.807, 2.05) is 42.5 Å². The van der Waals surface area contributed by atoms with Gasteiger partial charge in [0.25, 0.3) is 5.56 Å². The van der Waals surface area contributed by atoms with Crippen LogP contribution in [0.2, 0.25) is 5.02 Å². The topological polar surface area (TPSA) is 99.5 Å². The molecule has 5 rings (SSSR count). The first kappa shape index (κ1) is 19.1. The van der Waals surface area contributed by atoms with E-state index in [1.165, 1.54) is 6.07 Å². The molecular formula is C23H17ClN4O3. The molecule has 0 spiro atoms. The Hall–Kier alpha value is -3.84. The van der Waals surface area contributed by atoms with E-state index >= 15 is 0 Å². The molecule has 0 amide bonds. The molecule has 8 heteroatoms. The van der Waals surface area contributed by atoms with Gasteiger partial charge in [-0.05, 0) is 34.5 Å². The van der Waals surface area contributed by atoms with Gasteiger partial charge < -0.3 is 10.5 Å². The van der Waals surface area contributed by atoms with E-state index in [9.17, 15) is 14.7 Å². The number of rotatable bonds is 3. The second-order valence-corrected chi connectivity index (χ2v) is 7.72. The molecule has 1 aliphatic rings. The fraction of sp³-hybridized carbons (Fsp3) is 0.0870. The summed E-state index contributed by atoms with van der Waals surface area (Å²) >= 11 is 6.03. The quantitative estimate of drug-likeness (QED) is 0.461. The van der Waals surface area contributed by atoms with Crippen molar-refractivity contribution in [2.75, 3.05) is 0 Å². The number of benzene rings is 3. The summed E-state index contributed by atoms with van der Waals surface area (Å²) in [4.78, 5) is 27.3. The molecule has 0 fully saturated rings. The van der Waals surface area contributed by atoms with Crippen molar-refractivity contribution in [2.45, 2.75) is 12.5 Å². The number of aromatic hydroxyl groups is 1. The highest BCUT2D eigenvalue weighted by Gasteiger charge is 2.28. The molecule has 0 bridgehead atoms. The number of nitrogens with zero attached hydrogens (tertiary/aromatic N) is 2. The van der Waals surface area contributed by atoms with Gasteiger partial charge in [-0.1, -0.05) is 60.1 Å². The van der Waals surface area contributed by atoms with Crippen molar-refractivity contribution in [3.63, 3.8) is 0 Å². The number of hydrogen-bond donors (Lipinski definition) is 3. The molecule has 4 aromatic rings. The van der Waals surface area contributed by atoms with Crippen molar-refractivity contribution in [2.24, 2.45) is 5.10 Å². The number of fused-ring (bicyclic) bond motifs is 1. The number of nitrogens with one attached hydrogen (secondary N) is 2. The molecule has 0 saturated heterocycles. The van der Waals surface area contributed by atoms with Gasteiger partial charge in [-0.15, -0.1) is 0 Å². The predicted molar refractivity (Wildman–Crippen MR) is 120 cm³/mol. The lowest BCUT2D eigenvalue weighted by molar-refractivity contribution is 0.429. The Kier molecular flexibility index (Phi) is 4.60. The van der Waals surface area contributed by atoms with Crippen LogP contribution in [-0.4, -0.2) is 20.4 Å². The molecule has 0 aliphatic carbocycles. The van der Waals surface area contributed by atoms with Crippen LogP contribution in [0.3, 0.4) is 0 Å². The summed E-state index contributed by atoms with van der Waals surface area (Å²) in [5.74, 6) is -0.477. The molecule has 1 unspecified atom stereocenters. The van der Waals surface area contributed by atoms with E-state index in [-0.39, 0.29) is 11.6 Å². The van der Waals surface area contributed by atoms with Crippen molar-refractivity contribution in [3.05, 3.63) is 104 Å². The van der Waals surface area contributed by atoms with Crippen molar-refractivity contribution in [3.8, 4) is 11.6 Å². The highest BCUT2D eigenvalue weighted by atomic mass is 35.5. The van der Waals surface area contributed by atoms with Crippen LogP contribution in [0, 0.1) is 0 Å². The van der Waals surface area contributed by atoms with Crippen LogP contribution in [0.1, 0.15) is 23.6 Å². The van der Waals surface area contributed by atoms with Gasteiger partial charge in [0.05, 0.1) is 17.4 Å². The van der Waals surface area contributed by atoms with Crippen LogP contribution in [0.4, 0.5) is 0 Å². The molecule has 1 aliphatic heterocycles. The molecule has 31 heavy (non-hydrogen) atoms. The lowest BCUT2D eigenvalue weighted by Crippen LogP contribution is -2.33. The highest BCUT2D eigenvalue weighted by Crippen LogP contribution is 2.31. The second kappa shape index (κ2) is 7.45.